The molecule has 2 unspecified atom stereocenters. The van der Waals surface area contributed by atoms with Crippen molar-refractivity contribution in [3.8, 4) is 0 Å². The molecule has 0 bridgehead atoms. The number of nitrogens with zero attached hydrogens (tertiary/aromatic N) is 1. The van der Waals surface area contributed by atoms with E-state index < -0.39 is 20.6 Å². The van der Waals surface area contributed by atoms with Crippen LogP contribution in [0.1, 0.15) is 34.1 Å². The first kappa shape index (κ1) is 16.9. The Labute approximate surface area is 120 Å². The Morgan fingerprint density at radius 3 is 2.40 bits per heavy atom. The Balaban J connectivity index is 2.95. The third kappa shape index (κ3) is 3.50. The van der Waals surface area contributed by atoms with Gasteiger partial charge in [0.05, 0.1) is 11.3 Å². The highest BCUT2D eigenvalue weighted by atomic mass is 32.2. The third-order valence-corrected chi connectivity index (χ3v) is 6.15. The van der Waals surface area contributed by atoms with Gasteiger partial charge in [0, 0.05) is 12.8 Å². The van der Waals surface area contributed by atoms with Gasteiger partial charge in [-0.15, -0.1) is 0 Å². The Morgan fingerprint density at radius 1 is 1.40 bits per heavy atom. The molecular formula is C13H24N2O4S. The normalized spacial score (nSPS) is 22.6. The van der Waals surface area contributed by atoms with Crippen molar-refractivity contribution in [1.29, 1.82) is 0 Å². The number of hydrogen-bond donors (Lipinski definition) is 1. The maximum Gasteiger partial charge on any atom is 0.245 e. The van der Waals surface area contributed by atoms with E-state index in [0.717, 1.165) is 12.7 Å². The first-order chi connectivity index (χ1) is 8.99. The summed E-state index contributed by atoms with van der Waals surface area (Å²) >= 11 is 0. The quantitative estimate of drug-likeness (QED) is 0.785. The van der Waals surface area contributed by atoms with Gasteiger partial charge in [0.2, 0.25) is 11.8 Å². The lowest BCUT2D eigenvalue weighted by atomic mass is 9.95. The first-order valence-electron chi connectivity index (χ1n) is 6.77. The molecule has 2 atom stereocenters. The number of amides is 2. The molecular weight excluding hydrogens is 280 g/mol. The van der Waals surface area contributed by atoms with Gasteiger partial charge in [-0.2, -0.15) is 0 Å². The fourth-order valence-electron chi connectivity index (χ4n) is 2.06. The highest BCUT2D eigenvalue weighted by Crippen LogP contribution is 2.20. The molecule has 1 rings (SSSR count). The SMILES string of the molecule is CCC(C)C1NC(=O)CN(CC(C)(C)S(C)(=O)=O)C1=O. The second-order valence-electron chi connectivity index (χ2n) is 6.16. The van der Waals surface area contributed by atoms with Crippen LogP contribution >= 0.6 is 0 Å². The number of nitrogens with one attached hydrogen (secondary N) is 1. The van der Waals surface area contributed by atoms with Crippen molar-refractivity contribution < 1.29 is 18.0 Å². The van der Waals surface area contributed by atoms with E-state index in [2.05, 4.69) is 5.32 Å². The average molecular weight is 304 g/mol. The lowest BCUT2D eigenvalue weighted by molar-refractivity contribution is -0.146. The number of carbonyl (C=O) groups excluding carboxylic acids is 2. The summed E-state index contributed by atoms with van der Waals surface area (Å²) < 4.78 is 22.4. The van der Waals surface area contributed by atoms with Crippen molar-refractivity contribution in [3.63, 3.8) is 0 Å². The van der Waals surface area contributed by atoms with Crippen molar-refractivity contribution in [3.05, 3.63) is 0 Å². The molecule has 2 amide bonds. The van der Waals surface area contributed by atoms with Crippen molar-refractivity contribution >= 4 is 21.7 Å². The molecule has 1 aliphatic heterocycles. The molecule has 1 saturated heterocycles. The zero-order chi connectivity index (χ0) is 15.7. The van der Waals surface area contributed by atoms with Crippen LogP contribution in [0.2, 0.25) is 0 Å². The van der Waals surface area contributed by atoms with Crippen molar-refractivity contribution in [2.75, 3.05) is 19.3 Å². The minimum atomic E-state index is -3.31. The Hall–Kier alpha value is -1.11. The molecule has 0 aliphatic carbocycles. The predicted molar refractivity (Wildman–Crippen MR) is 76.9 cm³/mol. The molecule has 0 spiro atoms. The van der Waals surface area contributed by atoms with Gasteiger partial charge in [-0.05, 0) is 19.8 Å². The summed E-state index contributed by atoms with van der Waals surface area (Å²) in [5.74, 6) is -0.412. The minimum absolute atomic E-state index is 0.0237. The summed E-state index contributed by atoms with van der Waals surface area (Å²) in [5.41, 5.74) is 0. The summed E-state index contributed by atoms with van der Waals surface area (Å²) in [4.78, 5) is 25.5. The molecule has 0 aromatic carbocycles. The lowest BCUT2D eigenvalue weighted by Gasteiger charge is -2.38. The molecule has 1 heterocycles. The van der Waals surface area contributed by atoms with Crippen LogP contribution in [0.4, 0.5) is 0 Å². The van der Waals surface area contributed by atoms with Crippen LogP contribution in [0.3, 0.4) is 0 Å². The van der Waals surface area contributed by atoms with Crippen LogP contribution in [0.15, 0.2) is 0 Å². The van der Waals surface area contributed by atoms with Crippen molar-refractivity contribution in [2.45, 2.75) is 44.9 Å². The number of piperazine rings is 1. The van der Waals surface area contributed by atoms with Crippen molar-refractivity contribution in [2.24, 2.45) is 5.92 Å². The predicted octanol–water partition coefficient (Wildman–Crippen LogP) is 0.183. The molecule has 1 aliphatic rings. The Kier molecular flexibility index (Phi) is 4.84. The minimum Gasteiger partial charge on any atom is -0.342 e. The fourth-order valence-corrected chi connectivity index (χ4v) is 2.45. The van der Waals surface area contributed by atoms with Crippen LogP contribution in [0.5, 0.6) is 0 Å². The van der Waals surface area contributed by atoms with Gasteiger partial charge in [0.15, 0.2) is 9.84 Å². The summed E-state index contributed by atoms with van der Waals surface area (Å²) in [6, 6.07) is -0.559. The molecule has 116 valence electrons. The average Bonchev–Trinajstić information content (AvgIpc) is 2.30. The number of sulfone groups is 1. The van der Waals surface area contributed by atoms with E-state index in [1.54, 1.807) is 13.8 Å². The molecule has 6 nitrogen and oxygen atoms in total. The van der Waals surface area contributed by atoms with Gasteiger partial charge in [0.25, 0.3) is 0 Å². The van der Waals surface area contributed by atoms with Gasteiger partial charge in [0.1, 0.15) is 6.04 Å². The topological polar surface area (TPSA) is 83.6 Å². The first-order valence-corrected chi connectivity index (χ1v) is 8.66. The Bertz CT molecular complexity index is 499. The molecule has 20 heavy (non-hydrogen) atoms. The number of carbonyl (C=O) groups is 2. The van der Waals surface area contributed by atoms with Gasteiger partial charge < -0.3 is 10.2 Å². The standard InChI is InChI=1S/C13H24N2O4S/c1-6-9(2)11-12(17)15(7-10(16)14-11)8-13(3,4)20(5,18)19/h9,11H,6-8H2,1-5H3,(H,14,16). The van der Waals surface area contributed by atoms with Crippen LogP contribution in [0.25, 0.3) is 0 Å². The lowest BCUT2D eigenvalue weighted by Crippen LogP contribution is -2.62. The van der Waals surface area contributed by atoms with E-state index in [0.29, 0.717) is 0 Å². The molecule has 1 fully saturated rings. The molecule has 1 N–H and O–H groups in total. The maximum atomic E-state index is 12.4. The maximum absolute atomic E-state index is 12.4. The highest BCUT2D eigenvalue weighted by molar-refractivity contribution is 7.92. The zero-order valence-corrected chi connectivity index (χ0v) is 13.6. The van der Waals surface area contributed by atoms with E-state index in [9.17, 15) is 18.0 Å². The Morgan fingerprint density at radius 2 is 1.95 bits per heavy atom. The fraction of sp³-hybridized carbons (Fsp3) is 0.846. The molecule has 0 radical (unpaired) electrons. The van der Waals surface area contributed by atoms with E-state index in [1.807, 2.05) is 13.8 Å². The van der Waals surface area contributed by atoms with Crippen LogP contribution in [-0.2, 0) is 19.4 Å². The third-order valence-electron chi connectivity index (χ3n) is 4.02. The van der Waals surface area contributed by atoms with Gasteiger partial charge >= 0.3 is 0 Å². The highest BCUT2D eigenvalue weighted by Gasteiger charge is 2.40. The van der Waals surface area contributed by atoms with E-state index in [1.165, 1.54) is 4.90 Å². The second-order valence-corrected chi connectivity index (χ2v) is 8.81. The summed E-state index contributed by atoms with van der Waals surface area (Å²) in [5, 5.41) is 2.69. The largest absolute Gasteiger partial charge is 0.342 e. The zero-order valence-electron chi connectivity index (χ0n) is 12.8. The van der Waals surface area contributed by atoms with Gasteiger partial charge in [-0.1, -0.05) is 20.3 Å². The van der Waals surface area contributed by atoms with Crippen LogP contribution < -0.4 is 5.32 Å². The summed E-state index contributed by atoms with van der Waals surface area (Å²) in [6.45, 7) is 6.94. The number of rotatable bonds is 5. The van der Waals surface area contributed by atoms with E-state index >= 15 is 0 Å². The monoisotopic (exact) mass is 304 g/mol. The molecule has 0 aromatic heterocycles. The smallest absolute Gasteiger partial charge is 0.245 e. The molecule has 0 aromatic rings. The summed E-state index contributed by atoms with van der Waals surface area (Å²) in [7, 11) is -3.31. The molecule has 7 heteroatoms. The van der Waals surface area contributed by atoms with Gasteiger partial charge in [-0.3, -0.25) is 9.59 Å². The van der Waals surface area contributed by atoms with E-state index in [-0.39, 0.29) is 30.8 Å². The molecule has 0 saturated carbocycles. The van der Waals surface area contributed by atoms with Crippen LogP contribution in [0, 0.1) is 5.92 Å². The second kappa shape index (κ2) is 5.71. The van der Waals surface area contributed by atoms with Crippen molar-refractivity contribution in [1.82, 2.24) is 10.2 Å². The van der Waals surface area contributed by atoms with E-state index in [4.69, 9.17) is 0 Å². The summed E-state index contributed by atoms with van der Waals surface area (Å²) in [6.07, 6.45) is 1.91. The number of hydrogen-bond acceptors (Lipinski definition) is 4. The van der Waals surface area contributed by atoms with Gasteiger partial charge in [-0.25, -0.2) is 8.42 Å². The van der Waals surface area contributed by atoms with Crippen LogP contribution in [-0.4, -0.2) is 55.3 Å².